The molecule has 3 heteroatoms. The Morgan fingerprint density at radius 3 is 2.14 bits per heavy atom. The van der Waals surface area contributed by atoms with E-state index in [-0.39, 0.29) is 6.04 Å². The number of methoxy groups -OCH3 is 1. The summed E-state index contributed by atoms with van der Waals surface area (Å²) in [7, 11) is 3.70. The van der Waals surface area contributed by atoms with Gasteiger partial charge in [0.05, 0.1) is 13.2 Å². The van der Waals surface area contributed by atoms with Gasteiger partial charge in [-0.25, -0.2) is 0 Å². The average Bonchev–Trinajstić information content (AvgIpc) is 2.67. The van der Waals surface area contributed by atoms with E-state index in [0.29, 0.717) is 0 Å². The molecule has 1 atom stereocenters. The summed E-state index contributed by atoms with van der Waals surface area (Å²) in [6.07, 6.45) is 0. The standard InChI is InChI=1S/C18H25NO2/c1-10-8-11(2)16(15(9-10)20-7)18(19-6)17-12(3)13(4)21-14(17)5/h8-9,18-19H,1-7H3. The van der Waals surface area contributed by atoms with E-state index in [1.54, 1.807) is 7.11 Å². The molecule has 0 aliphatic rings. The van der Waals surface area contributed by atoms with Crippen LogP contribution in [0.15, 0.2) is 16.5 Å². The van der Waals surface area contributed by atoms with Crippen molar-refractivity contribution in [3.8, 4) is 5.75 Å². The van der Waals surface area contributed by atoms with Gasteiger partial charge in [0.25, 0.3) is 0 Å². The van der Waals surface area contributed by atoms with Crippen molar-refractivity contribution in [3.05, 3.63) is 51.5 Å². The second kappa shape index (κ2) is 5.94. The maximum absolute atomic E-state index is 5.81. The van der Waals surface area contributed by atoms with Crippen LogP contribution in [-0.4, -0.2) is 14.2 Å². The fraction of sp³-hybridized carbons (Fsp3) is 0.444. The minimum Gasteiger partial charge on any atom is -0.496 e. The molecule has 2 rings (SSSR count). The van der Waals surface area contributed by atoms with E-state index in [0.717, 1.165) is 17.3 Å². The average molecular weight is 287 g/mol. The van der Waals surface area contributed by atoms with Gasteiger partial charge in [-0.3, -0.25) is 0 Å². The Morgan fingerprint density at radius 1 is 1.00 bits per heavy atom. The molecular formula is C18H25NO2. The molecule has 1 N–H and O–H groups in total. The van der Waals surface area contributed by atoms with Crippen molar-refractivity contribution in [3.63, 3.8) is 0 Å². The summed E-state index contributed by atoms with van der Waals surface area (Å²) in [4.78, 5) is 0. The van der Waals surface area contributed by atoms with Crippen molar-refractivity contribution >= 4 is 0 Å². The Labute approximate surface area is 127 Å². The van der Waals surface area contributed by atoms with E-state index in [9.17, 15) is 0 Å². The van der Waals surface area contributed by atoms with Crippen LogP contribution in [0.25, 0.3) is 0 Å². The molecule has 0 aliphatic carbocycles. The van der Waals surface area contributed by atoms with Gasteiger partial charge in [0, 0.05) is 11.1 Å². The minimum atomic E-state index is 0.0676. The van der Waals surface area contributed by atoms with E-state index in [2.05, 4.69) is 38.2 Å². The summed E-state index contributed by atoms with van der Waals surface area (Å²) in [6, 6.07) is 4.35. The van der Waals surface area contributed by atoms with Crippen LogP contribution < -0.4 is 10.1 Å². The van der Waals surface area contributed by atoms with E-state index >= 15 is 0 Å². The molecule has 114 valence electrons. The lowest BCUT2D eigenvalue weighted by molar-refractivity contribution is 0.404. The van der Waals surface area contributed by atoms with Gasteiger partial charge in [-0.2, -0.15) is 0 Å². The van der Waals surface area contributed by atoms with E-state index in [1.807, 2.05) is 20.9 Å². The molecule has 1 aromatic carbocycles. The van der Waals surface area contributed by atoms with Gasteiger partial charge < -0.3 is 14.5 Å². The highest BCUT2D eigenvalue weighted by molar-refractivity contribution is 5.51. The van der Waals surface area contributed by atoms with Crippen molar-refractivity contribution in [1.82, 2.24) is 5.32 Å². The number of ether oxygens (including phenoxy) is 1. The van der Waals surface area contributed by atoms with Crippen molar-refractivity contribution in [2.45, 2.75) is 40.7 Å². The molecule has 3 nitrogen and oxygen atoms in total. The van der Waals surface area contributed by atoms with E-state index in [1.165, 1.54) is 27.8 Å². The molecule has 1 unspecified atom stereocenters. The van der Waals surface area contributed by atoms with Gasteiger partial charge in [0.15, 0.2) is 0 Å². The zero-order valence-electron chi connectivity index (χ0n) is 14.0. The number of nitrogens with one attached hydrogen (secondary N) is 1. The lowest BCUT2D eigenvalue weighted by Gasteiger charge is -2.23. The first-order valence-electron chi connectivity index (χ1n) is 7.29. The smallest absolute Gasteiger partial charge is 0.124 e. The Hall–Kier alpha value is -1.74. The molecular weight excluding hydrogens is 262 g/mol. The maximum Gasteiger partial charge on any atom is 0.124 e. The van der Waals surface area contributed by atoms with Gasteiger partial charge in [-0.15, -0.1) is 0 Å². The Bertz CT molecular complexity index is 656. The molecule has 1 aromatic heterocycles. The molecule has 0 amide bonds. The van der Waals surface area contributed by atoms with Crippen LogP contribution in [0, 0.1) is 34.6 Å². The predicted octanol–water partition coefficient (Wildman–Crippen LogP) is 4.14. The predicted molar refractivity (Wildman–Crippen MR) is 86.3 cm³/mol. The number of hydrogen-bond donors (Lipinski definition) is 1. The molecule has 0 radical (unpaired) electrons. The van der Waals surface area contributed by atoms with Crippen molar-refractivity contribution in [2.24, 2.45) is 0 Å². The maximum atomic E-state index is 5.81. The Kier molecular flexibility index (Phi) is 4.43. The van der Waals surface area contributed by atoms with Crippen molar-refractivity contribution in [2.75, 3.05) is 14.2 Å². The fourth-order valence-electron chi connectivity index (χ4n) is 3.15. The first kappa shape index (κ1) is 15.6. The Morgan fingerprint density at radius 2 is 1.67 bits per heavy atom. The highest BCUT2D eigenvalue weighted by atomic mass is 16.5. The van der Waals surface area contributed by atoms with Gasteiger partial charge in [0.2, 0.25) is 0 Å². The molecule has 1 heterocycles. The monoisotopic (exact) mass is 287 g/mol. The molecule has 0 bridgehead atoms. The van der Waals surface area contributed by atoms with Crippen LogP contribution in [0.3, 0.4) is 0 Å². The zero-order valence-corrected chi connectivity index (χ0v) is 14.0. The highest BCUT2D eigenvalue weighted by Gasteiger charge is 2.25. The van der Waals surface area contributed by atoms with Crippen molar-refractivity contribution in [1.29, 1.82) is 0 Å². The number of hydrogen-bond acceptors (Lipinski definition) is 3. The minimum absolute atomic E-state index is 0.0676. The summed E-state index contributed by atoms with van der Waals surface area (Å²) in [5.74, 6) is 2.86. The van der Waals surface area contributed by atoms with Gasteiger partial charge in [-0.1, -0.05) is 6.07 Å². The summed E-state index contributed by atoms with van der Waals surface area (Å²) < 4.78 is 11.4. The Balaban J connectivity index is 2.67. The molecule has 0 spiro atoms. The topological polar surface area (TPSA) is 34.4 Å². The zero-order chi connectivity index (χ0) is 15.7. The van der Waals surface area contributed by atoms with E-state index < -0.39 is 0 Å². The van der Waals surface area contributed by atoms with Crippen LogP contribution in [0.4, 0.5) is 0 Å². The second-order valence-corrected chi connectivity index (χ2v) is 5.67. The third-order valence-corrected chi connectivity index (χ3v) is 4.20. The van der Waals surface area contributed by atoms with Crippen LogP contribution in [0.1, 0.15) is 45.4 Å². The SMILES string of the molecule is CNC(c1c(C)cc(C)cc1OC)c1c(C)oc(C)c1C. The number of benzene rings is 1. The number of aryl methyl sites for hydroxylation is 4. The van der Waals surface area contributed by atoms with Gasteiger partial charge in [-0.05, 0) is 64.4 Å². The van der Waals surface area contributed by atoms with Gasteiger partial charge in [0.1, 0.15) is 17.3 Å². The van der Waals surface area contributed by atoms with Crippen LogP contribution >= 0.6 is 0 Å². The third-order valence-electron chi connectivity index (χ3n) is 4.20. The summed E-state index contributed by atoms with van der Waals surface area (Å²) in [5.41, 5.74) is 6.02. The quantitative estimate of drug-likeness (QED) is 0.917. The molecule has 0 fully saturated rings. The van der Waals surface area contributed by atoms with Gasteiger partial charge >= 0.3 is 0 Å². The summed E-state index contributed by atoms with van der Waals surface area (Å²) >= 11 is 0. The third kappa shape index (κ3) is 2.70. The van der Waals surface area contributed by atoms with Crippen LogP contribution in [0.5, 0.6) is 5.75 Å². The number of rotatable bonds is 4. The largest absolute Gasteiger partial charge is 0.496 e. The summed E-state index contributed by atoms with van der Waals surface area (Å²) in [5, 5.41) is 3.42. The lowest BCUT2D eigenvalue weighted by Crippen LogP contribution is -2.21. The molecule has 2 aromatic rings. The van der Waals surface area contributed by atoms with Crippen molar-refractivity contribution < 1.29 is 9.15 Å². The molecule has 0 aliphatic heterocycles. The first-order valence-corrected chi connectivity index (χ1v) is 7.29. The first-order chi connectivity index (χ1) is 9.90. The van der Waals surface area contributed by atoms with Crippen LogP contribution in [-0.2, 0) is 0 Å². The molecule has 0 saturated carbocycles. The summed E-state index contributed by atoms with van der Waals surface area (Å²) in [6.45, 7) is 10.4. The number of furan rings is 1. The second-order valence-electron chi connectivity index (χ2n) is 5.67. The van der Waals surface area contributed by atoms with Crippen LogP contribution in [0.2, 0.25) is 0 Å². The molecule has 0 saturated heterocycles. The lowest BCUT2D eigenvalue weighted by atomic mass is 9.91. The fourth-order valence-corrected chi connectivity index (χ4v) is 3.15. The highest BCUT2D eigenvalue weighted by Crippen LogP contribution is 2.37. The van der Waals surface area contributed by atoms with E-state index in [4.69, 9.17) is 9.15 Å². The normalized spacial score (nSPS) is 12.5. The molecule has 21 heavy (non-hydrogen) atoms.